The Kier molecular flexibility index (Phi) is 4.83. The molecule has 2 aromatic rings. The lowest BCUT2D eigenvalue weighted by Gasteiger charge is -2.12. The molecule has 0 saturated carbocycles. The number of rotatable bonds is 6. The molecule has 0 saturated heterocycles. The highest BCUT2D eigenvalue weighted by Gasteiger charge is 2.08. The molecule has 2 N–H and O–H groups in total. The van der Waals surface area contributed by atoms with Crippen molar-refractivity contribution in [2.75, 3.05) is 0 Å². The van der Waals surface area contributed by atoms with Crippen LogP contribution in [-0.4, -0.2) is 10.2 Å². The molecule has 0 aliphatic carbocycles. The van der Waals surface area contributed by atoms with E-state index >= 15 is 0 Å². The quantitative estimate of drug-likeness (QED) is 0.780. The molecular formula is C19H20O2. The fourth-order valence-electron chi connectivity index (χ4n) is 2.47. The van der Waals surface area contributed by atoms with Crippen LogP contribution < -0.4 is 0 Å². The summed E-state index contributed by atoms with van der Waals surface area (Å²) in [7, 11) is 0. The first-order chi connectivity index (χ1) is 10.1. The fraction of sp³-hybridized carbons (Fsp3) is 0.158. The Morgan fingerprint density at radius 1 is 0.714 bits per heavy atom. The molecule has 0 fully saturated rings. The Balaban J connectivity index is 2.37. The van der Waals surface area contributed by atoms with Crippen LogP contribution in [0.4, 0.5) is 0 Å². The van der Waals surface area contributed by atoms with Gasteiger partial charge in [-0.05, 0) is 65.8 Å². The van der Waals surface area contributed by atoms with Crippen molar-refractivity contribution >= 4 is 0 Å². The van der Waals surface area contributed by atoms with Gasteiger partial charge < -0.3 is 10.2 Å². The summed E-state index contributed by atoms with van der Waals surface area (Å²) >= 11 is 0. The third-order valence-electron chi connectivity index (χ3n) is 3.49. The molecule has 0 atom stereocenters. The normalized spacial score (nSPS) is 10.3. The molecule has 2 nitrogen and oxygen atoms in total. The topological polar surface area (TPSA) is 40.5 Å². The van der Waals surface area contributed by atoms with Crippen molar-refractivity contribution in [2.24, 2.45) is 0 Å². The van der Waals surface area contributed by atoms with Crippen molar-refractivity contribution in [1.82, 2.24) is 0 Å². The highest BCUT2D eigenvalue weighted by molar-refractivity contribution is 5.43. The summed E-state index contributed by atoms with van der Waals surface area (Å²) in [5.74, 6) is 0.542. The van der Waals surface area contributed by atoms with Gasteiger partial charge in [-0.3, -0.25) is 0 Å². The van der Waals surface area contributed by atoms with Gasteiger partial charge in [0.1, 0.15) is 11.5 Å². The average Bonchev–Trinajstić information content (AvgIpc) is 2.45. The Bertz CT molecular complexity index is 599. The number of phenols is 2. The molecule has 0 spiro atoms. The summed E-state index contributed by atoms with van der Waals surface area (Å²) in [6.45, 7) is 7.53. The third-order valence-corrected chi connectivity index (χ3v) is 3.49. The molecule has 0 aromatic heterocycles. The van der Waals surface area contributed by atoms with Crippen LogP contribution in [0.1, 0.15) is 22.3 Å². The van der Waals surface area contributed by atoms with Crippen LogP contribution in [0.3, 0.4) is 0 Å². The molecule has 0 bridgehead atoms. The van der Waals surface area contributed by atoms with Crippen molar-refractivity contribution in [2.45, 2.75) is 19.3 Å². The van der Waals surface area contributed by atoms with Crippen molar-refractivity contribution in [3.05, 3.63) is 84.0 Å². The van der Waals surface area contributed by atoms with Crippen LogP contribution in [-0.2, 0) is 19.3 Å². The van der Waals surface area contributed by atoms with Gasteiger partial charge in [-0.25, -0.2) is 0 Å². The van der Waals surface area contributed by atoms with Crippen LogP contribution in [0.15, 0.2) is 61.7 Å². The first kappa shape index (κ1) is 14.9. The van der Waals surface area contributed by atoms with E-state index in [-0.39, 0.29) is 11.5 Å². The molecule has 0 unspecified atom stereocenters. The van der Waals surface area contributed by atoms with Gasteiger partial charge in [-0.2, -0.15) is 0 Å². The molecule has 21 heavy (non-hydrogen) atoms. The molecule has 0 radical (unpaired) electrons. The Morgan fingerprint density at radius 3 is 1.52 bits per heavy atom. The Morgan fingerprint density at radius 2 is 1.14 bits per heavy atom. The zero-order valence-electron chi connectivity index (χ0n) is 12.0. The number of hydrogen-bond acceptors (Lipinski definition) is 2. The van der Waals surface area contributed by atoms with Crippen molar-refractivity contribution in [3.63, 3.8) is 0 Å². The Hall–Kier alpha value is -2.48. The number of allylic oxidation sites excluding steroid dienone is 2. The maximum Gasteiger partial charge on any atom is 0.115 e. The largest absolute Gasteiger partial charge is 0.508 e. The Labute approximate surface area is 125 Å². The summed E-state index contributed by atoms with van der Waals surface area (Å²) in [6, 6.07) is 10.9. The average molecular weight is 280 g/mol. The van der Waals surface area contributed by atoms with Gasteiger partial charge in [-0.15, -0.1) is 13.2 Å². The molecule has 0 amide bonds. The molecule has 2 heteroatoms. The second-order valence-electron chi connectivity index (χ2n) is 5.07. The first-order valence-electron chi connectivity index (χ1n) is 6.97. The van der Waals surface area contributed by atoms with Crippen LogP contribution in [0.25, 0.3) is 0 Å². The lowest BCUT2D eigenvalue weighted by molar-refractivity contribution is 0.474. The van der Waals surface area contributed by atoms with Crippen molar-refractivity contribution < 1.29 is 10.2 Å². The molecule has 0 aliphatic rings. The molecule has 2 rings (SSSR count). The zero-order chi connectivity index (χ0) is 15.2. The van der Waals surface area contributed by atoms with Crippen LogP contribution >= 0.6 is 0 Å². The molecule has 0 aliphatic heterocycles. The van der Waals surface area contributed by atoms with E-state index in [1.165, 1.54) is 0 Å². The van der Waals surface area contributed by atoms with E-state index in [0.717, 1.165) is 41.5 Å². The minimum atomic E-state index is 0.271. The van der Waals surface area contributed by atoms with Crippen LogP contribution in [0, 0.1) is 0 Å². The second kappa shape index (κ2) is 6.80. The van der Waals surface area contributed by atoms with Crippen molar-refractivity contribution in [3.8, 4) is 11.5 Å². The highest BCUT2D eigenvalue weighted by atomic mass is 16.3. The van der Waals surface area contributed by atoms with Crippen LogP contribution in [0.5, 0.6) is 11.5 Å². The summed E-state index contributed by atoms with van der Waals surface area (Å²) < 4.78 is 0. The van der Waals surface area contributed by atoms with Gasteiger partial charge in [0.25, 0.3) is 0 Å². The van der Waals surface area contributed by atoms with E-state index in [9.17, 15) is 10.2 Å². The second-order valence-corrected chi connectivity index (χ2v) is 5.07. The monoisotopic (exact) mass is 280 g/mol. The maximum absolute atomic E-state index is 9.62. The van der Waals surface area contributed by atoms with E-state index < -0.39 is 0 Å². The van der Waals surface area contributed by atoms with Gasteiger partial charge >= 0.3 is 0 Å². The van der Waals surface area contributed by atoms with E-state index in [4.69, 9.17) is 0 Å². The van der Waals surface area contributed by atoms with E-state index in [2.05, 4.69) is 13.2 Å². The van der Waals surface area contributed by atoms with E-state index in [0.29, 0.717) is 0 Å². The summed E-state index contributed by atoms with van der Waals surface area (Å²) in [6.07, 6.45) is 5.86. The number of hydrogen-bond donors (Lipinski definition) is 2. The van der Waals surface area contributed by atoms with E-state index in [1.54, 1.807) is 24.3 Å². The predicted molar refractivity (Wildman–Crippen MR) is 86.8 cm³/mol. The first-order valence-corrected chi connectivity index (χ1v) is 6.97. The minimum absolute atomic E-state index is 0.271. The number of aromatic hydroxyl groups is 2. The standard InChI is InChI=1S/C19H20O2/c1-3-5-14-12-18(20)9-7-16(14)11-17-8-10-19(21)13-15(17)6-4-2/h3-4,7-10,12-13,20-21H,1-2,5-6,11H2. The zero-order valence-corrected chi connectivity index (χ0v) is 12.0. The third kappa shape index (κ3) is 3.76. The van der Waals surface area contributed by atoms with Gasteiger partial charge in [0.2, 0.25) is 0 Å². The number of benzene rings is 2. The lowest BCUT2D eigenvalue weighted by atomic mass is 9.93. The SMILES string of the molecule is C=CCc1cc(O)ccc1Cc1ccc(O)cc1CC=C. The summed E-state index contributed by atoms with van der Waals surface area (Å²) in [5.41, 5.74) is 4.46. The fourth-order valence-corrected chi connectivity index (χ4v) is 2.47. The van der Waals surface area contributed by atoms with E-state index in [1.807, 2.05) is 24.3 Å². The summed E-state index contributed by atoms with van der Waals surface area (Å²) in [4.78, 5) is 0. The highest BCUT2D eigenvalue weighted by Crippen LogP contribution is 2.24. The van der Waals surface area contributed by atoms with Crippen molar-refractivity contribution in [1.29, 1.82) is 0 Å². The minimum Gasteiger partial charge on any atom is -0.508 e. The van der Waals surface area contributed by atoms with Gasteiger partial charge in [-0.1, -0.05) is 24.3 Å². The summed E-state index contributed by atoms with van der Waals surface area (Å²) in [5, 5.41) is 19.2. The maximum atomic E-state index is 9.62. The molecular weight excluding hydrogens is 260 g/mol. The molecule has 0 heterocycles. The lowest BCUT2D eigenvalue weighted by Crippen LogP contribution is -1.98. The number of phenolic OH excluding ortho intramolecular Hbond substituents is 2. The smallest absolute Gasteiger partial charge is 0.115 e. The van der Waals surface area contributed by atoms with Gasteiger partial charge in [0.15, 0.2) is 0 Å². The predicted octanol–water partition coefficient (Wildman–Crippen LogP) is 4.15. The molecule has 108 valence electrons. The van der Waals surface area contributed by atoms with Gasteiger partial charge in [0, 0.05) is 0 Å². The van der Waals surface area contributed by atoms with Gasteiger partial charge in [0.05, 0.1) is 0 Å². The molecule has 2 aromatic carbocycles. The van der Waals surface area contributed by atoms with Crippen LogP contribution in [0.2, 0.25) is 0 Å².